The molecule has 11 rings (SSSR count). The van der Waals surface area contributed by atoms with Crippen molar-refractivity contribution < 1.29 is 28.4 Å². The van der Waals surface area contributed by atoms with Crippen LogP contribution in [0.3, 0.4) is 0 Å². The zero-order valence-corrected chi connectivity index (χ0v) is 43.4. The van der Waals surface area contributed by atoms with Gasteiger partial charge in [0.15, 0.2) is 0 Å². The van der Waals surface area contributed by atoms with Gasteiger partial charge in [-0.2, -0.15) is 0 Å². The van der Waals surface area contributed by atoms with Crippen molar-refractivity contribution in [3.8, 4) is 57.0 Å². The molecular formula is C64H58N4O6. The Morgan fingerprint density at radius 1 is 0.473 bits per heavy atom. The molecule has 6 aromatic carbocycles. The van der Waals surface area contributed by atoms with Crippen molar-refractivity contribution >= 4 is 28.5 Å². The highest BCUT2D eigenvalue weighted by atomic mass is 16.5. The van der Waals surface area contributed by atoms with Gasteiger partial charge in [-0.25, -0.2) is 9.98 Å². The van der Waals surface area contributed by atoms with E-state index in [2.05, 4.69) is 136 Å². The van der Waals surface area contributed by atoms with Crippen molar-refractivity contribution in [1.29, 1.82) is 0 Å². The van der Waals surface area contributed by atoms with Crippen LogP contribution in [-0.4, -0.2) is 56.2 Å². The number of fused-ring (bicyclic) bond motifs is 6. The van der Waals surface area contributed by atoms with E-state index in [0.29, 0.717) is 29.3 Å². The third-order valence-electron chi connectivity index (χ3n) is 14.3. The van der Waals surface area contributed by atoms with E-state index >= 15 is 0 Å². The first-order chi connectivity index (χ1) is 35.9. The molecule has 74 heavy (non-hydrogen) atoms. The standard InChI is InChI=1S/C64H58N4O6/c1-35-27-37(3)57(38(4)28-35)59-53-31-49(41-11-19-45(69-7)20-12-41)61(65-53)73-63-51(43-15-23-47(71-9)24-16-43)33-55(67-63)60(58-39(5)29-36(2)30-40(58)6)56-34-52(44-17-25-48(72-10)26-18-44)64(68-56)74-62-50(32-54(59)66-62)42-13-21-46(70-8)22-14-42/h11-34,53,59,66-67H,1-10H3/b60-56+. The minimum atomic E-state index is -0.442. The minimum absolute atomic E-state index is 0.330. The van der Waals surface area contributed by atoms with E-state index in [1.54, 1.807) is 28.4 Å². The van der Waals surface area contributed by atoms with E-state index in [1.807, 2.05) is 60.7 Å². The van der Waals surface area contributed by atoms with Crippen molar-refractivity contribution in [3.05, 3.63) is 218 Å². The number of nitrogens with zero attached hydrogens (tertiary/aromatic N) is 2. The fourth-order valence-corrected chi connectivity index (χ4v) is 11.0. The van der Waals surface area contributed by atoms with E-state index in [0.717, 1.165) is 118 Å². The van der Waals surface area contributed by atoms with Crippen LogP contribution < -0.4 is 28.4 Å². The third kappa shape index (κ3) is 8.76. The summed E-state index contributed by atoms with van der Waals surface area (Å²) in [5, 5.41) is 0. The molecule has 2 aromatic heterocycles. The minimum Gasteiger partial charge on any atom is -0.497 e. The molecule has 0 saturated heterocycles. The summed E-state index contributed by atoms with van der Waals surface area (Å²) in [5.41, 5.74) is 19.4. The second kappa shape index (κ2) is 19.3. The van der Waals surface area contributed by atoms with Crippen LogP contribution in [0.2, 0.25) is 0 Å². The van der Waals surface area contributed by atoms with E-state index in [1.165, 1.54) is 11.1 Å². The molecule has 5 heterocycles. The smallest absolute Gasteiger partial charge is 0.229 e. The lowest BCUT2D eigenvalue weighted by Gasteiger charge is -2.24. The van der Waals surface area contributed by atoms with Crippen molar-refractivity contribution in [2.24, 2.45) is 9.98 Å². The van der Waals surface area contributed by atoms with Crippen LogP contribution >= 0.6 is 0 Å². The highest BCUT2D eigenvalue weighted by Gasteiger charge is 2.37. The zero-order valence-electron chi connectivity index (χ0n) is 43.4. The number of aliphatic imine (C=N–C) groups is 2. The Labute approximate surface area is 432 Å². The number of aryl methyl sites for hydroxylation is 6. The van der Waals surface area contributed by atoms with Gasteiger partial charge >= 0.3 is 0 Å². The van der Waals surface area contributed by atoms with Crippen molar-refractivity contribution in [3.63, 3.8) is 0 Å². The number of aromatic amines is 2. The lowest BCUT2D eigenvalue weighted by atomic mass is 9.82. The summed E-state index contributed by atoms with van der Waals surface area (Å²) in [4.78, 5) is 18.9. The highest BCUT2D eigenvalue weighted by molar-refractivity contribution is 6.24. The maximum absolute atomic E-state index is 7.35. The van der Waals surface area contributed by atoms with E-state index in [4.69, 9.17) is 38.4 Å². The molecule has 0 aliphatic carbocycles. The highest BCUT2D eigenvalue weighted by Crippen LogP contribution is 2.47. The van der Waals surface area contributed by atoms with E-state index in [9.17, 15) is 0 Å². The Bertz CT molecular complexity index is 3600. The van der Waals surface area contributed by atoms with Crippen molar-refractivity contribution in [2.45, 2.75) is 53.5 Å². The van der Waals surface area contributed by atoms with Gasteiger partial charge in [-0.15, -0.1) is 0 Å². The van der Waals surface area contributed by atoms with E-state index < -0.39 is 6.04 Å². The SMILES string of the molecule is COc1ccc(C2=CC3N=C2Oc2[nH]c(cc2-c2ccc(OC)cc2)/C(c2c(C)cc(C)cc2C)=C2/C=C(c4ccc(OC)cc4)C(=N2)Oc2[nH]c(cc2-c2ccc(OC)cc2)C3c2c(C)cc(C)cc2C)cc1. The van der Waals surface area contributed by atoms with Crippen LogP contribution in [-0.2, 0) is 0 Å². The van der Waals surface area contributed by atoms with Crippen LogP contribution in [0.15, 0.2) is 161 Å². The van der Waals surface area contributed by atoms with Crippen molar-refractivity contribution in [1.82, 2.24) is 9.97 Å². The van der Waals surface area contributed by atoms with Crippen LogP contribution in [0.4, 0.5) is 0 Å². The molecule has 0 radical (unpaired) electrons. The summed E-state index contributed by atoms with van der Waals surface area (Å²) in [7, 11) is 6.71. The number of benzene rings is 6. The van der Waals surface area contributed by atoms with Gasteiger partial charge in [0.05, 0.1) is 51.8 Å². The average molecular weight is 979 g/mol. The van der Waals surface area contributed by atoms with Gasteiger partial charge in [-0.05, 0) is 170 Å². The van der Waals surface area contributed by atoms with Gasteiger partial charge in [0, 0.05) is 33.5 Å². The molecule has 0 saturated carbocycles. The number of H-pyrrole nitrogens is 2. The topological polar surface area (TPSA) is 112 Å². The molecule has 10 nitrogen and oxygen atoms in total. The molecule has 8 aromatic rings. The predicted octanol–water partition coefficient (Wildman–Crippen LogP) is 14.3. The monoisotopic (exact) mass is 978 g/mol. The maximum Gasteiger partial charge on any atom is 0.229 e. The van der Waals surface area contributed by atoms with Gasteiger partial charge in [0.2, 0.25) is 23.6 Å². The van der Waals surface area contributed by atoms with Crippen molar-refractivity contribution in [2.75, 3.05) is 28.4 Å². The fourth-order valence-electron chi connectivity index (χ4n) is 11.0. The lowest BCUT2D eigenvalue weighted by molar-refractivity contribution is 0.414. The van der Waals surface area contributed by atoms with Crippen LogP contribution in [0.1, 0.15) is 72.9 Å². The summed E-state index contributed by atoms with van der Waals surface area (Å²) in [6, 6.07) is 45.1. The molecule has 0 spiro atoms. The zero-order chi connectivity index (χ0) is 51.4. The molecule has 0 amide bonds. The first kappa shape index (κ1) is 47.6. The molecule has 370 valence electrons. The quantitative estimate of drug-likeness (QED) is 0.141. The second-order valence-corrected chi connectivity index (χ2v) is 19.3. The summed E-state index contributed by atoms with van der Waals surface area (Å²) in [5.74, 6) is 4.64. The molecule has 10 heteroatoms. The van der Waals surface area contributed by atoms with E-state index in [-0.39, 0.29) is 5.92 Å². The largest absolute Gasteiger partial charge is 0.497 e. The fraction of sp³-hybridized carbons (Fsp3) is 0.188. The Hall–Kier alpha value is -8.76. The number of hydrogen-bond donors (Lipinski definition) is 2. The number of ether oxygens (including phenoxy) is 6. The van der Waals surface area contributed by atoms with Gasteiger partial charge in [-0.3, -0.25) is 0 Å². The van der Waals surface area contributed by atoms with Crippen LogP contribution in [0.25, 0.3) is 39.0 Å². The first-order valence-electron chi connectivity index (χ1n) is 24.8. The van der Waals surface area contributed by atoms with Gasteiger partial charge in [0.25, 0.3) is 0 Å². The van der Waals surface area contributed by atoms with Gasteiger partial charge < -0.3 is 38.4 Å². The number of allylic oxidation sites excluding steroid dienone is 1. The first-order valence-corrected chi connectivity index (χ1v) is 24.8. The Balaban J connectivity index is 1.24. The Morgan fingerprint density at radius 2 is 0.919 bits per heavy atom. The number of hydrogen-bond acceptors (Lipinski definition) is 8. The third-order valence-corrected chi connectivity index (χ3v) is 14.3. The maximum atomic E-state index is 7.35. The molecule has 0 fully saturated rings. The number of nitrogens with one attached hydrogen (secondary N) is 2. The molecule has 3 aliphatic rings. The number of aromatic nitrogens is 2. The second-order valence-electron chi connectivity index (χ2n) is 19.3. The predicted molar refractivity (Wildman–Crippen MR) is 297 cm³/mol. The normalized spacial score (nSPS) is 16.9. The van der Waals surface area contributed by atoms with Crippen LogP contribution in [0.5, 0.6) is 34.8 Å². The molecular weight excluding hydrogens is 921 g/mol. The molecule has 2 atom stereocenters. The summed E-state index contributed by atoms with van der Waals surface area (Å²) in [6.45, 7) is 13.0. The number of methoxy groups -OCH3 is 4. The molecule has 2 N–H and O–H groups in total. The number of rotatable bonds is 10. The Morgan fingerprint density at radius 3 is 1.43 bits per heavy atom. The molecule has 8 bridgehead atoms. The molecule has 3 aliphatic heterocycles. The average Bonchev–Trinajstić information content (AvgIpc) is 4.22. The van der Waals surface area contributed by atoms with Gasteiger partial charge in [0.1, 0.15) is 23.0 Å². The lowest BCUT2D eigenvalue weighted by Crippen LogP contribution is -2.19. The summed E-state index contributed by atoms with van der Waals surface area (Å²) in [6.07, 6.45) is 4.37. The summed E-state index contributed by atoms with van der Waals surface area (Å²) >= 11 is 0. The summed E-state index contributed by atoms with van der Waals surface area (Å²) < 4.78 is 37.3. The van der Waals surface area contributed by atoms with Gasteiger partial charge in [-0.1, -0.05) is 83.9 Å². The van der Waals surface area contributed by atoms with Crippen LogP contribution in [0, 0.1) is 41.5 Å². The molecule has 2 unspecified atom stereocenters. The Kier molecular flexibility index (Phi) is 12.4.